The minimum atomic E-state index is 0.0305. The van der Waals surface area contributed by atoms with E-state index in [-0.39, 0.29) is 17.7 Å². The van der Waals surface area contributed by atoms with Crippen LogP contribution in [0.3, 0.4) is 0 Å². The number of carbonyl (C=O) groups excluding carboxylic acids is 2. The molecule has 7 heteroatoms. The van der Waals surface area contributed by atoms with Gasteiger partial charge in [-0.1, -0.05) is 12.8 Å². The zero-order chi connectivity index (χ0) is 20.1. The molecule has 0 unspecified atom stereocenters. The van der Waals surface area contributed by atoms with Gasteiger partial charge in [-0.05, 0) is 43.7 Å². The van der Waals surface area contributed by atoms with Gasteiger partial charge < -0.3 is 15.0 Å². The van der Waals surface area contributed by atoms with E-state index in [2.05, 4.69) is 16.3 Å². The van der Waals surface area contributed by atoms with Crippen LogP contribution < -0.4 is 5.32 Å². The van der Waals surface area contributed by atoms with Crippen LogP contribution in [0.1, 0.15) is 52.2 Å². The number of hydrogen-bond donors (Lipinski definition) is 1. The fraction of sp³-hybridized carbons (Fsp3) is 0.727. The maximum absolute atomic E-state index is 12.9. The fourth-order valence-corrected chi connectivity index (χ4v) is 5.77. The average molecular weight is 420 g/mol. The third kappa shape index (κ3) is 5.38. The molecule has 1 atom stereocenters. The van der Waals surface area contributed by atoms with Crippen molar-refractivity contribution in [2.45, 2.75) is 44.9 Å². The molecule has 0 bridgehead atoms. The summed E-state index contributed by atoms with van der Waals surface area (Å²) < 4.78 is 5.36. The first kappa shape index (κ1) is 20.8. The largest absolute Gasteiger partial charge is 0.379 e. The summed E-state index contributed by atoms with van der Waals surface area (Å²) in [6, 6.07) is 2.07. The highest BCUT2D eigenvalue weighted by molar-refractivity contribution is 7.14. The van der Waals surface area contributed by atoms with Crippen molar-refractivity contribution in [3.8, 4) is 0 Å². The van der Waals surface area contributed by atoms with Crippen LogP contribution in [-0.4, -0.2) is 74.1 Å². The lowest BCUT2D eigenvalue weighted by Gasteiger charge is -2.27. The number of amides is 2. The maximum atomic E-state index is 12.9. The Labute approximate surface area is 177 Å². The van der Waals surface area contributed by atoms with Crippen LogP contribution in [0.25, 0.3) is 0 Å². The molecule has 0 radical (unpaired) electrons. The fourth-order valence-electron chi connectivity index (χ4n) is 4.59. The van der Waals surface area contributed by atoms with E-state index >= 15 is 0 Å². The van der Waals surface area contributed by atoms with Gasteiger partial charge in [0.15, 0.2) is 0 Å². The summed E-state index contributed by atoms with van der Waals surface area (Å²) in [4.78, 5) is 32.1. The van der Waals surface area contributed by atoms with Gasteiger partial charge in [0.1, 0.15) is 0 Å². The number of thiophene rings is 1. The van der Waals surface area contributed by atoms with E-state index in [9.17, 15) is 9.59 Å². The molecule has 2 saturated heterocycles. The van der Waals surface area contributed by atoms with Crippen molar-refractivity contribution < 1.29 is 14.3 Å². The van der Waals surface area contributed by atoms with Crippen LogP contribution in [0.5, 0.6) is 0 Å². The lowest BCUT2D eigenvalue weighted by Crippen LogP contribution is -2.43. The smallest absolute Gasteiger partial charge is 0.263 e. The van der Waals surface area contributed by atoms with Crippen molar-refractivity contribution >= 4 is 23.2 Å². The number of hydrogen-bond acceptors (Lipinski definition) is 5. The second-order valence-corrected chi connectivity index (χ2v) is 9.59. The molecule has 2 amide bonds. The predicted octanol–water partition coefficient (Wildman–Crippen LogP) is 2.32. The van der Waals surface area contributed by atoms with Crippen molar-refractivity contribution in [2.24, 2.45) is 5.92 Å². The van der Waals surface area contributed by atoms with E-state index < -0.39 is 0 Å². The number of carbonyl (C=O) groups is 2. The Balaban J connectivity index is 1.29. The second kappa shape index (κ2) is 10.0. The average Bonchev–Trinajstić information content (AvgIpc) is 2.99. The molecular formula is C22H33N3O3S. The molecular weight excluding hydrogens is 386 g/mol. The zero-order valence-corrected chi connectivity index (χ0v) is 18.1. The summed E-state index contributed by atoms with van der Waals surface area (Å²) in [5.41, 5.74) is 1.22. The van der Waals surface area contributed by atoms with Crippen LogP contribution >= 0.6 is 11.3 Å². The maximum Gasteiger partial charge on any atom is 0.263 e. The molecule has 2 fully saturated rings. The summed E-state index contributed by atoms with van der Waals surface area (Å²) in [5, 5.41) is 3.13. The molecule has 3 heterocycles. The predicted molar refractivity (Wildman–Crippen MR) is 114 cm³/mol. The van der Waals surface area contributed by atoms with E-state index in [0.29, 0.717) is 6.54 Å². The summed E-state index contributed by atoms with van der Waals surface area (Å²) in [6.45, 7) is 6.83. The Kier molecular flexibility index (Phi) is 7.21. The van der Waals surface area contributed by atoms with Crippen LogP contribution in [0.4, 0.5) is 0 Å². The first-order chi connectivity index (χ1) is 14.2. The molecule has 1 N–H and O–H groups in total. The van der Waals surface area contributed by atoms with Crippen LogP contribution in [0.2, 0.25) is 0 Å². The van der Waals surface area contributed by atoms with E-state index in [1.54, 1.807) is 11.3 Å². The molecule has 0 aromatic carbocycles. The van der Waals surface area contributed by atoms with Gasteiger partial charge in [0.05, 0.1) is 18.1 Å². The lowest BCUT2D eigenvalue weighted by molar-refractivity contribution is -0.125. The first-order valence-corrected chi connectivity index (χ1v) is 12.0. The minimum absolute atomic E-state index is 0.0305. The molecule has 4 rings (SSSR count). The summed E-state index contributed by atoms with van der Waals surface area (Å²) in [5.74, 6) is 0.385. The van der Waals surface area contributed by atoms with Crippen LogP contribution in [0, 0.1) is 5.92 Å². The van der Waals surface area contributed by atoms with Crippen LogP contribution in [-0.2, 0) is 22.4 Å². The highest BCUT2D eigenvalue weighted by atomic mass is 32.1. The summed E-state index contributed by atoms with van der Waals surface area (Å²) in [7, 11) is 0. The number of ether oxygens (including phenoxy) is 1. The molecule has 160 valence electrons. The van der Waals surface area contributed by atoms with Crippen molar-refractivity contribution in [3.05, 3.63) is 21.4 Å². The van der Waals surface area contributed by atoms with Gasteiger partial charge in [0, 0.05) is 50.1 Å². The number of nitrogens with one attached hydrogen (secondary N) is 1. The summed E-state index contributed by atoms with van der Waals surface area (Å²) >= 11 is 1.65. The van der Waals surface area contributed by atoms with E-state index in [1.807, 2.05) is 4.90 Å². The van der Waals surface area contributed by atoms with E-state index in [0.717, 1.165) is 82.9 Å². The molecule has 1 aromatic heterocycles. The van der Waals surface area contributed by atoms with Gasteiger partial charge in [-0.15, -0.1) is 11.3 Å². The van der Waals surface area contributed by atoms with Gasteiger partial charge in [-0.25, -0.2) is 0 Å². The number of likely N-dealkylation sites (tertiary alicyclic amines) is 1. The summed E-state index contributed by atoms with van der Waals surface area (Å²) in [6.07, 6.45) is 7.25. The number of nitrogens with zero attached hydrogens (tertiary/aromatic N) is 2. The van der Waals surface area contributed by atoms with Crippen molar-refractivity contribution in [1.29, 1.82) is 0 Å². The molecule has 1 aliphatic carbocycles. The molecule has 0 saturated carbocycles. The Morgan fingerprint density at radius 3 is 2.62 bits per heavy atom. The topological polar surface area (TPSA) is 61.9 Å². The van der Waals surface area contributed by atoms with Gasteiger partial charge >= 0.3 is 0 Å². The Morgan fingerprint density at radius 2 is 1.86 bits per heavy atom. The standard InChI is InChI=1S/C22H33N3O3S/c26-21(23-7-10-24-11-13-28-14-12-24)17-5-6-19-18(15-17)16-20(29-19)22(27)25-8-3-1-2-4-9-25/h16-17H,1-15H2,(H,23,26)/t17-/m0/s1. The van der Waals surface area contributed by atoms with Gasteiger partial charge in [0.2, 0.25) is 5.91 Å². The Morgan fingerprint density at radius 1 is 1.10 bits per heavy atom. The first-order valence-electron chi connectivity index (χ1n) is 11.2. The van der Waals surface area contributed by atoms with Gasteiger partial charge in [0.25, 0.3) is 5.91 Å². The molecule has 3 aliphatic rings. The van der Waals surface area contributed by atoms with Crippen LogP contribution in [0.15, 0.2) is 6.07 Å². The van der Waals surface area contributed by atoms with Crippen molar-refractivity contribution in [2.75, 3.05) is 52.5 Å². The Bertz CT molecular complexity index is 706. The molecule has 1 aromatic rings. The molecule has 6 nitrogen and oxygen atoms in total. The number of rotatable bonds is 5. The third-order valence-electron chi connectivity index (χ3n) is 6.39. The number of fused-ring (bicyclic) bond motifs is 1. The molecule has 0 spiro atoms. The highest BCUT2D eigenvalue weighted by Gasteiger charge is 2.28. The van der Waals surface area contributed by atoms with E-state index in [1.165, 1.54) is 23.3 Å². The van der Waals surface area contributed by atoms with Gasteiger partial charge in [-0.3, -0.25) is 14.5 Å². The van der Waals surface area contributed by atoms with Crippen molar-refractivity contribution in [3.63, 3.8) is 0 Å². The third-order valence-corrected chi connectivity index (χ3v) is 7.61. The zero-order valence-electron chi connectivity index (χ0n) is 17.3. The highest BCUT2D eigenvalue weighted by Crippen LogP contribution is 2.33. The quantitative estimate of drug-likeness (QED) is 0.796. The number of morpholine rings is 1. The lowest BCUT2D eigenvalue weighted by atomic mass is 9.87. The molecule has 29 heavy (non-hydrogen) atoms. The van der Waals surface area contributed by atoms with Crippen molar-refractivity contribution in [1.82, 2.24) is 15.1 Å². The second-order valence-electron chi connectivity index (χ2n) is 8.45. The number of aryl methyl sites for hydroxylation is 1. The van der Waals surface area contributed by atoms with Gasteiger partial charge in [-0.2, -0.15) is 0 Å². The Hall–Kier alpha value is -1.44. The monoisotopic (exact) mass is 419 g/mol. The molecule has 2 aliphatic heterocycles. The minimum Gasteiger partial charge on any atom is -0.379 e. The normalized spacial score (nSPS) is 23.3. The SMILES string of the molecule is O=C(NCCN1CCOCC1)[C@H]1CCc2sc(C(=O)N3CCCCCC3)cc2C1. The van der Waals surface area contributed by atoms with E-state index in [4.69, 9.17) is 4.74 Å².